The number of nitrogens with zero attached hydrogens (tertiary/aromatic N) is 1. The molecule has 0 aliphatic heterocycles. The summed E-state index contributed by atoms with van der Waals surface area (Å²) < 4.78 is 18.3. The summed E-state index contributed by atoms with van der Waals surface area (Å²) in [5.41, 5.74) is -0.669. The third kappa shape index (κ3) is 2.11. The number of aromatic nitrogens is 1. The van der Waals surface area contributed by atoms with Gasteiger partial charge in [-0.25, -0.2) is 0 Å². The Bertz CT molecular complexity index is 706. The molecule has 1 N–H and O–H groups in total. The van der Waals surface area contributed by atoms with Crippen molar-refractivity contribution in [1.82, 2.24) is 4.98 Å². The molecule has 106 valence electrons. The van der Waals surface area contributed by atoms with Crippen molar-refractivity contribution < 1.29 is 18.8 Å². The Morgan fingerprint density at radius 1 is 1.40 bits per heavy atom. The summed E-state index contributed by atoms with van der Waals surface area (Å²) in [4.78, 5) is 24.5. The minimum absolute atomic E-state index is 0.389. The first-order valence-electron chi connectivity index (χ1n) is 5.83. The van der Waals surface area contributed by atoms with E-state index in [-0.39, 0.29) is 0 Å². The smallest absolute Gasteiger partial charge is 0.317 e. The standard InChI is InChI=1S/C13H13FN2O4/c1-13(2,12(17)20-3)11-5-7-4-10(16(18)19)8(14)6-9(7)15-11/h4-6,15H,1-3H3. The van der Waals surface area contributed by atoms with Gasteiger partial charge in [0.15, 0.2) is 0 Å². The molecular weight excluding hydrogens is 267 g/mol. The molecule has 0 fully saturated rings. The van der Waals surface area contributed by atoms with Crippen molar-refractivity contribution in [2.75, 3.05) is 7.11 Å². The summed E-state index contributed by atoms with van der Waals surface area (Å²) in [7, 11) is 1.28. The maximum absolute atomic E-state index is 13.5. The van der Waals surface area contributed by atoms with Crippen molar-refractivity contribution in [2.45, 2.75) is 19.3 Å². The summed E-state index contributed by atoms with van der Waals surface area (Å²) in [6.45, 7) is 3.29. The maximum atomic E-state index is 13.5. The number of esters is 1. The van der Waals surface area contributed by atoms with Crippen LogP contribution in [-0.2, 0) is 14.9 Å². The van der Waals surface area contributed by atoms with Crippen LogP contribution in [0.5, 0.6) is 0 Å². The number of carbonyl (C=O) groups excluding carboxylic acids is 1. The number of benzene rings is 1. The fourth-order valence-corrected chi connectivity index (χ4v) is 1.98. The summed E-state index contributed by atoms with van der Waals surface area (Å²) >= 11 is 0. The summed E-state index contributed by atoms with van der Waals surface area (Å²) in [5, 5.41) is 11.2. The predicted octanol–water partition coefficient (Wildman–Crippen LogP) is 2.67. The van der Waals surface area contributed by atoms with Crippen LogP contribution in [0.1, 0.15) is 19.5 Å². The molecule has 0 unspecified atom stereocenters. The monoisotopic (exact) mass is 280 g/mol. The van der Waals surface area contributed by atoms with Crippen LogP contribution in [0.15, 0.2) is 18.2 Å². The van der Waals surface area contributed by atoms with Gasteiger partial charge in [0.1, 0.15) is 5.41 Å². The molecule has 0 aliphatic rings. The van der Waals surface area contributed by atoms with Gasteiger partial charge in [-0.1, -0.05) is 0 Å². The number of methoxy groups -OCH3 is 1. The van der Waals surface area contributed by atoms with E-state index in [1.807, 2.05) is 0 Å². The minimum atomic E-state index is -0.959. The van der Waals surface area contributed by atoms with Crippen molar-refractivity contribution >= 4 is 22.6 Å². The van der Waals surface area contributed by atoms with E-state index < -0.39 is 27.8 Å². The number of fused-ring (bicyclic) bond motifs is 1. The van der Waals surface area contributed by atoms with Gasteiger partial charge in [0.25, 0.3) is 0 Å². The lowest BCUT2D eigenvalue weighted by atomic mass is 9.89. The van der Waals surface area contributed by atoms with Gasteiger partial charge in [0.05, 0.1) is 12.0 Å². The van der Waals surface area contributed by atoms with Gasteiger partial charge in [0.2, 0.25) is 5.82 Å². The first-order chi connectivity index (χ1) is 9.27. The first-order valence-corrected chi connectivity index (χ1v) is 5.83. The zero-order valence-corrected chi connectivity index (χ0v) is 11.2. The van der Waals surface area contributed by atoms with Gasteiger partial charge in [0, 0.05) is 28.7 Å². The second-order valence-electron chi connectivity index (χ2n) is 4.95. The molecule has 0 atom stereocenters. The molecule has 6 nitrogen and oxygen atoms in total. The Hall–Kier alpha value is -2.44. The largest absolute Gasteiger partial charge is 0.468 e. The van der Waals surface area contributed by atoms with Crippen LogP contribution in [0.25, 0.3) is 10.9 Å². The first kappa shape index (κ1) is 14.0. The number of nitrogens with one attached hydrogen (secondary N) is 1. The minimum Gasteiger partial charge on any atom is -0.468 e. The normalized spacial score (nSPS) is 11.6. The Morgan fingerprint density at radius 2 is 2.05 bits per heavy atom. The van der Waals surface area contributed by atoms with E-state index in [1.54, 1.807) is 19.9 Å². The van der Waals surface area contributed by atoms with E-state index in [9.17, 15) is 19.3 Å². The highest BCUT2D eigenvalue weighted by Crippen LogP contribution is 2.30. The third-order valence-corrected chi connectivity index (χ3v) is 3.25. The highest BCUT2D eigenvalue weighted by atomic mass is 19.1. The van der Waals surface area contributed by atoms with Crippen molar-refractivity contribution in [3.05, 3.63) is 39.8 Å². The molecule has 1 aromatic carbocycles. The zero-order valence-electron chi connectivity index (χ0n) is 11.2. The van der Waals surface area contributed by atoms with Crippen molar-refractivity contribution in [3.8, 4) is 0 Å². The molecule has 0 amide bonds. The zero-order chi connectivity index (χ0) is 15.1. The van der Waals surface area contributed by atoms with Gasteiger partial charge in [-0.2, -0.15) is 4.39 Å². The molecular formula is C13H13FN2O4. The van der Waals surface area contributed by atoms with Crippen molar-refractivity contribution in [3.63, 3.8) is 0 Å². The molecule has 7 heteroatoms. The number of hydrogen-bond acceptors (Lipinski definition) is 4. The van der Waals surface area contributed by atoms with E-state index in [2.05, 4.69) is 4.98 Å². The van der Waals surface area contributed by atoms with Crippen LogP contribution in [-0.4, -0.2) is 23.0 Å². The highest BCUT2D eigenvalue weighted by Gasteiger charge is 2.33. The molecule has 0 radical (unpaired) electrons. The van der Waals surface area contributed by atoms with E-state index in [1.165, 1.54) is 7.11 Å². The number of aromatic amines is 1. The van der Waals surface area contributed by atoms with Gasteiger partial charge in [-0.15, -0.1) is 0 Å². The predicted molar refractivity (Wildman–Crippen MR) is 70.0 cm³/mol. The molecule has 0 bridgehead atoms. The van der Waals surface area contributed by atoms with E-state index >= 15 is 0 Å². The highest BCUT2D eigenvalue weighted by molar-refractivity contribution is 5.87. The summed E-state index contributed by atoms with van der Waals surface area (Å²) in [5.74, 6) is -1.38. The lowest BCUT2D eigenvalue weighted by molar-refractivity contribution is -0.387. The number of rotatable bonds is 3. The molecule has 0 saturated carbocycles. The maximum Gasteiger partial charge on any atom is 0.317 e. The Labute approximate surface area is 113 Å². The van der Waals surface area contributed by atoms with Gasteiger partial charge >= 0.3 is 11.7 Å². The van der Waals surface area contributed by atoms with Crippen LogP contribution in [0, 0.1) is 15.9 Å². The van der Waals surface area contributed by atoms with Crippen molar-refractivity contribution in [1.29, 1.82) is 0 Å². The fraction of sp³-hybridized carbons (Fsp3) is 0.308. The third-order valence-electron chi connectivity index (χ3n) is 3.25. The lowest BCUT2D eigenvalue weighted by Gasteiger charge is -2.19. The average Bonchev–Trinajstić information content (AvgIpc) is 2.79. The fourth-order valence-electron chi connectivity index (χ4n) is 1.98. The molecule has 1 heterocycles. The molecule has 20 heavy (non-hydrogen) atoms. The van der Waals surface area contributed by atoms with Crippen LogP contribution < -0.4 is 0 Å². The van der Waals surface area contributed by atoms with Crippen LogP contribution in [0.2, 0.25) is 0 Å². The lowest BCUT2D eigenvalue weighted by Crippen LogP contribution is -2.30. The Kier molecular flexibility index (Phi) is 3.21. The SMILES string of the molecule is COC(=O)C(C)(C)c1cc2cc([N+](=O)[O-])c(F)cc2[nH]1. The van der Waals surface area contributed by atoms with E-state index in [0.717, 1.165) is 12.1 Å². The van der Waals surface area contributed by atoms with Crippen LogP contribution in [0.4, 0.5) is 10.1 Å². The summed E-state index contributed by atoms with van der Waals surface area (Å²) in [6.07, 6.45) is 0. The second kappa shape index (κ2) is 4.59. The van der Waals surface area contributed by atoms with Gasteiger partial charge < -0.3 is 9.72 Å². The van der Waals surface area contributed by atoms with E-state index in [0.29, 0.717) is 16.6 Å². The van der Waals surface area contributed by atoms with Crippen molar-refractivity contribution in [2.24, 2.45) is 0 Å². The van der Waals surface area contributed by atoms with Crippen LogP contribution >= 0.6 is 0 Å². The number of ether oxygens (including phenoxy) is 1. The average molecular weight is 280 g/mol. The number of nitro groups is 1. The molecule has 2 aromatic rings. The molecule has 0 saturated heterocycles. The van der Waals surface area contributed by atoms with Gasteiger partial charge in [-0.3, -0.25) is 14.9 Å². The van der Waals surface area contributed by atoms with E-state index in [4.69, 9.17) is 4.74 Å². The number of H-pyrrole nitrogens is 1. The second-order valence-corrected chi connectivity index (χ2v) is 4.95. The summed E-state index contributed by atoms with van der Waals surface area (Å²) in [6, 6.07) is 3.76. The number of hydrogen-bond donors (Lipinski definition) is 1. The molecule has 0 aliphatic carbocycles. The quantitative estimate of drug-likeness (QED) is 0.532. The number of carbonyl (C=O) groups is 1. The molecule has 2 rings (SSSR count). The Balaban J connectivity index is 2.60. The number of nitro benzene ring substituents is 1. The topological polar surface area (TPSA) is 85.2 Å². The molecule has 1 aromatic heterocycles. The number of halogens is 1. The van der Waals surface area contributed by atoms with Crippen LogP contribution in [0.3, 0.4) is 0 Å². The van der Waals surface area contributed by atoms with Gasteiger partial charge in [-0.05, 0) is 19.9 Å². The Morgan fingerprint density at radius 3 is 2.60 bits per heavy atom. The molecule has 0 spiro atoms.